The molecule has 0 aromatic carbocycles. The van der Waals surface area contributed by atoms with Crippen molar-refractivity contribution < 1.29 is 14.4 Å². The summed E-state index contributed by atoms with van der Waals surface area (Å²) < 4.78 is 0. The topological polar surface area (TPSA) is 57.7 Å². The second kappa shape index (κ2) is 5.54. The molecule has 2 heterocycles. The van der Waals surface area contributed by atoms with Gasteiger partial charge in [0.2, 0.25) is 17.7 Å². The minimum atomic E-state index is -0.0712. The molecule has 2 saturated heterocycles. The van der Waals surface area contributed by atoms with Crippen molar-refractivity contribution in [1.82, 2.24) is 9.80 Å². The van der Waals surface area contributed by atoms with Crippen molar-refractivity contribution in [1.29, 1.82) is 0 Å². The molecule has 20 heavy (non-hydrogen) atoms. The van der Waals surface area contributed by atoms with Gasteiger partial charge in [-0.1, -0.05) is 25.7 Å². The van der Waals surface area contributed by atoms with Gasteiger partial charge < -0.3 is 4.90 Å². The van der Waals surface area contributed by atoms with E-state index in [0.717, 1.165) is 12.3 Å². The summed E-state index contributed by atoms with van der Waals surface area (Å²) in [5.74, 6) is 0.779. The van der Waals surface area contributed by atoms with Crippen LogP contribution in [0, 0.1) is 5.92 Å². The molecule has 2 aliphatic heterocycles. The molecule has 1 saturated carbocycles. The smallest absolute Gasteiger partial charge is 0.230 e. The Balaban J connectivity index is 1.41. The first kappa shape index (κ1) is 13.6. The van der Waals surface area contributed by atoms with Crippen LogP contribution in [0.4, 0.5) is 0 Å². The molecule has 0 unspecified atom stereocenters. The highest BCUT2D eigenvalue weighted by molar-refractivity contribution is 6.02. The van der Waals surface area contributed by atoms with Gasteiger partial charge in [0.25, 0.3) is 0 Å². The summed E-state index contributed by atoms with van der Waals surface area (Å²) in [5.41, 5.74) is 0. The standard InChI is InChI=1S/C15H22N2O3/c18-13(6-5-11-3-1-2-4-11)16-9-12(10-16)17-14(19)7-8-15(17)20/h11-12H,1-10H2. The molecule has 110 valence electrons. The van der Waals surface area contributed by atoms with E-state index in [1.165, 1.54) is 30.6 Å². The number of hydrogen-bond acceptors (Lipinski definition) is 3. The van der Waals surface area contributed by atoms with Crippen molar-refractivity contribution in [2.45, 2.75) is 57.4 Å². The molecule has 0 aromatic rings. The second-order valence-corrected chi connectivity index (χ2v) is 6.30. The van der Waals surface area contributed by atoms with Crippen LogP contribution >= 0.6 is 0 Å². The molecule has 5 heteroatoms. The third kappa shape index (κ3) is 2.58. The van der Waals surface area contributed by atoms with Gasteiger partial charge in [-0.25, -0.2) is 0 Å². The lowest BCUT2D eigenvalue weighted by atomic mass is 10.00. The van der Waals surface area contributed by atoms with Gasteiger partial charge in [-0.15, -0.1) is 0 Å². The molecule has 0 radical (unpaired) electrons. The Labute approximate surface area is 119 Å². The monoisotopic (exact) mass is 278 g/mol. The Hall–Kier alpha value is -1.39. The fraction of sp³-hybridized carbons (Fsp3) is 0.800. The molecule has 0 N–H and O–H groups in total. The quantitative estimate of drug-likeness (QED) is 0.729. The van der Waals surface area contributed by atoms with E-state index in [0.29, 0.717) is 32.4 Å². The van der Waals surface area contributed by atoms with Gasteiger partial charge in [0, 0.05) is 32.4 Å². The molecule has 0 atom stereocenters. The summed E-state index contributed by atoms with van der Waals surface area (Å²) >= 11 is 0. The minimum Gasteiger partial charge on any atom is -0.338 e. The number of carbonyl (C=O) groups is 3. The fourth-order valence-electron chi connectivity index (χ4n) is 3.61. The van der Waals surface area contributed by atoms with Crippen LogP contribution in [-0.4, -0.2) is 46.7 Å². The van der Waals surface area contributed by atoms with E-state index in [9.17, 15) is 14.4 Å². The number of carbonyl (C=O) groups excluding carboxylic acids is 3. The molecule has 0 spiro atoms. The third-order valence-electron chi connectivity index (χ3n) is 4.91. The average molecular weight is 278 g/mol. The number of amides is 3. The lowest BCUT2D eigenvalue weighted by Gasteiger charge is -2.43. The predicted molar refractivity (Wildman–Crippen MR) is 72.6 cm³/mol. The summed E-state index contributed by atoms with van der Waals surface area (Å²) in [5, 5.41) is 0. The van der Waals surface area contributed by atoms with Gasteiger partial charge in [0.1, 0.15) is 0 Å². The summed E-state index contributed by atoms with van der Waals surface area (Å²) in [4.78, 5) is 38.4. The van der Waals surface area contributed by atoms with Gasteiger partial charge in [0.05, 0.1) is 6.04 Å². The van der Waals surface area contributed by atoms with Crippen molar-refractivity contribution in [3.8, 4) is 0 Å². The Bertz CT molecular complexity index is 407. The molecule has 5 nitrogen and oxygen atoms in total. The van der Waals surface area contributed by atoms with Gasteiger partial charge in [0.15, 0.2) is 0 Å². The van der Waals surface area contributed by atoms with Crippen molar-refractivity contribution in [3.63, 3.8) is 0 Å². The molecule has 3 amide bonds. The summed E-state index contributed by atoms with van der Waals surface area (Å²) in [7, 11) is 0. The highest BCUT2D eigenvalue weighted by atomic mass is 16.2. The lowest BCUT2D eigenvalue weighted by molar-refractivity contribution is -0.151. The van der Waals surface area contributed by atoms with Crippen molar-refractivity contribution >= 4 is 17.7 Å². The van der Waals surface area contributed by atoms with Gasteiger partial charge >= 0.3 is 0 Å². The largest absolute Gasteiger partial charge is 0.338 e. The third-order valence-corrected chi connectivity index (χ3v) is 4.91. The van der Waals surface area contributed by atoms with Crippen LogP contribution in [0.3, 0.4) is 0 Å². The first-order valence-electron chi connectivity index (χ1n) is 7.78. The molecule has 0 bridgehead atoms. The van der Waals surface area contributed by atoms with Crippen LogP contribution in [0.2, 0.25) is 0 Å². The Kier molecular flexibility index (Phi) is 3.76. The number of likely N-dealkylation sites (tertiary alicyclic amines) is 2. The molecule has 1 aliphatic carbocycles. The highest BCUT2D eigenvalue weighted by Crippen LogP contribution is 2.29. The fourth-order valence-corrected chi connectivity index (χ4v) is 3.61. The number of imide groups is 1. The summed E-state index contributed by atoms with van der Waals surface area (Å²) in [6.45, 7) is 1.09. The lowest BCUT2D eigenvalue weighted by Crippen LogP contribution is -2.62. The molecule has 3 fully saturated rings. The van der Waals surface area contributed by atoms with Crippen LogP contribution in [0.1, 0.15) is 51.4 Å². The predicted octanol–water partition coefficient (Wildman–Crippen LogP) is 1.32. The van der Waals surface area contributed by atoms with Gasteiger partial charge in [-0.3, -0.25) is 19.3 Å². The first-order chi connectivity index (χ1) is 9.65. The zero-order chi connectivity index (χ0) is 14.1. The second-order valence-electron chi connectivity index (χ2n) is 6.30. The van der Waals surface area contributed by atoms with E-state index >= 15 is 0 Å². The van der Waals surface area contributed by atoms with Gasteiger partial charge in [-0.05, 0) is 12.3 Å². The van der Waals surface area contributed by atoms with Crippen LogP contribution < -0.4 is 0 Å². The maximum atomic E-state index is 12.0. The van der Waals surface area contributed by atoms with E-state index < -0.39 is 0 Å². The maximum Gasteiger partial charge on any atom is 0.230 e. The molecular formula is C15H22N2O3. The zero-order valence-corrected chi connectivity index (χ0v) is 11.8. The number of hydrogen-bond donors (Lipinski definition) is 0. The first-order valence-corrected chi connectivity index (χ1v) is 7.78. The van der Waals surface area contributed by atoms with Crippen LogP contribution in [0.25, 0.3) is 0 Å². The normalized spacial score (nSPS) is 24.6. The maximum absolute atomic E-state index is 12.0. The van der Waals surface area contributed by atoms with E-state index in [1.54, 1.807) is 4.90 Å². The molecule has 3 aliphatic rings. The van der Waals surface area contributed by atoms with Crippen LogP contribution in [0.15, 0.2) is 0 Å². The Morgan fingerprint density at radius 2 is 1.65 bits per heavy atom. The number of nitrogens with zero attached hydrogens (tertiary/aromatic N) is 2. The minimum absolute atomic E-state index is 0.0621. The SMILES string of the molecule is O=C(CCC1CCCC1)N1CC(N2C(=O)CCC2=O)C1. The summed E-state index contributed by atoms with van der Waals surface area (Å²) in [6.07, 6.45) is 7.46. The number of rotatable bonds is 4. The van der Waals surface area contributed by atoms with Crippen LogP contribution in [-0.2, 0) is 14.4 Å². The van der Waals surface area contributed by atoms with Crippen LogP contribution in [0.5, 0.6) is 0 Å². The van der Waals surface area contributed by atoms with Crippen molar-refractivity contribution in [3.05, 3.63) is 0 Å². The van der Waals surface area contributed by atoms with Gasteiger partial charge in [-0.2, -0.15) is 0 Å². The Morgan fingerprint density at radius 1 is 1.05 bits per heavy atom. The van der Waals surface area contributed by atoms with E-state index in [1.807, 2.05) is 0 Å². The van der Waals surface area contributed by atoms with E-state index in [2.05, 4.69) is 0 Å². The van der Waals surface area contributed by atoms with E-state index in [-0.39, 0.29) is 23.8 Å². The average Bonchev–Trinajstić information content (AvgIpc) is 2.99. The van der Waals surface area contributed by atoms with E-state index in [4.69, 9.17) is 0 Å². The Morgan fingerprint density at radius 3 is 2.25 bits per heavy atom. The molecule has 3 rings (SSSR count). The van der Waals surface area contributed by atoms with Crippen molar-refractivity contribution in [2.24, 2.45) is 5.92 Å². The molecular weight excluding hydrogens is 256 g/mol. The molecule has 0 aromatic heterocycles. The highest BCUT2D eigenvalue weighted by Gasteiger charge is 2.42. The summed E-state index contributed by atoms with van der Waals surface area (Å²) in [6, 6.07) is -0.0621. The van der Waals surface area contributed by atoms with Crippen molar-refractivity contribution in [2.75, 3.05) is 13.1 Å². The zero-order valence-electron chi connectivity index (χ0n) is 11.8.